The molecule has 0 aliphatic carbocycles. The number of nitrogens with one attached hydrogen (secondary N) is 1. The summed E-state index contributed by atoms with van der Waals surface area (Å²) >= 11 is 17.5. The number of imide groups is 1. The molecule has 0 spiro atoms. The molecule has 1 N–H and O–H groups in total. The van der Waals surface area contributed by atoms with Crippen LogP contribution in [0.25, 0.3) is 0 Å². The lowest BCUT2D eigenvalue weighted by Crippen LogP contribution is -2.41. The number of aromatic nitrogens is 1. The molecule has 5 rings (SSSR count). The molecule has 1 fully saturated rings. The molecule has 0 saturated carbocycles. The number of amides is 3. The number of halogens is 3. The molecule has 3 amide bonds. The molecule has 36 heavy (non-hydrogen) atoms. The summed E-state index contributed by atoms with van der Waals surface area (Å²) in [6.45, 7) is 3.50. The molecule has 0 radical (unpaired) electrons. The van der Waals surface area contributed by atoms with E-state index in [2.05, 4.69) is 21.2 Å². The highest BCUT2D eigenvalue weighted by Crippen LogP contribution is 2.54. The van der Waals surface area contributed by atoms with Crippen LogP contribution in [0.4, 0.5) is 11.4 Å². The zero-order valence-corrected chi connectivity index (χ0v) is 23.6. The fraction of sp³-hybridized carbons (Fsp3) is 0.250. The van der Waals surface area contributed by atoms with Crippen LogP contribution in [0.2, 0.25) is 10.0 Å². The highest BCUT2D eigenvalue weighted by Gasteiger charge is 2.59. The van der Waals surface area contributed by atoms with E-state index < -0.39 is 22.5 Å². The van der Waals surface area contributed by atoms with Gasteiger partial charge in [-0.25, -0.2) is 4.90 Å². The van der Waals surface area contributed by atoms with Gasteiger partial charge in [0, 0.05) is 20.5 Å². The van der Waals surface area contributed by atoms with Crippen molar-refractivity contribution in [3.05, 3.63) is 71.5 Å². The maximum atomic E-state index is 13.5. The molecule has 3 aromatic rings. The average molecular weight is 627 g/mol. The van der Waals surface area contributed by atoms with E-state index >= 15 is 0 Å². The van der Waals surface area contributed by atoms with Gasteiger partial charge in [0.25, 0.3) is 0 Å². The molecule has 0 bridgehead atoms. The molecule has 186 valence electrons. The van der Waals surface area contributed by atoms with Gasteiger partial charge in [-0.15, -0.1) is 0 Å². The number of carbonyl (C=O) groups is 3. The number of hydrogen-bond donors (Lipinski definition) is 1. The van der Waals surface area contributed by atoms with Crippen molar-refractivity contribution in [1.82, 2.24) is 4.57 Å². The second kappa shape index (κ2) is 9.33. The summed E-state index contributed by atoms with van der Waals surface area (Å²) in [6, 6.07) is 11.7. The molecular weight excluding hydrogens is 609 g/mol. The third-order valence-corrected chi connectivity index (χ3v) is 10.4. The predicted octanol–water partition coefficient (Wildman–Crippen LogP) is 5.56. The molecule has 2 aliphatic rings. The van der Waals surface area contributed by atoms with Gasteiger partial charge < -0.3 is 5.32 Å². The third kappa shape index (κ3) is 4.22. The number of fused-ring (bicyclic) bond motifs is 2. The second-order valence-electron chi connectivity index (χ2n) is 8.99. The summed E-state index contributed by atoms with van der Waals surface area (Å²) in [5.41, 5.74) is 0.166. The van der Waals surface area contributed by atoms with Gasteiger partial charge in [-0.3, -0.25) is 23.7 Å². The van der Waals surface area contributed by atoms with Crippen LogP contribution in [0.15, 0.2) is 56.8 Å². The summed E-state index contributed by atoms with van der Waals surface area (Å²) in [5.74, 6) is -1.69. The monoisotopic (exact) mass is 625 g/mol. The van der Waals surface area contributed by atoms with Gasteiger partial charge in [-0.1, -0.05) is 76.1 Å². The standard InChI is InChI=1S/C24H18BrCl2N3O4S2/c1-24(2)17-18(21(33)30(20(17)32)13-6-3-11(25)4-7-13)35-22-19(24)36-23(34)29(22)10-16(31)28-12-5-8-14(26)15(27)9-12/h3-9,17-18H,10H2,1-2H3,(H,28,31)/t17-,18+/m1/s1. The minimum Gasteiger partial charge on any atom is -0.324 e. The van der Waals surface area contributed by atoms with E-state index in [4.69, 9.17) is 23.2 Å². The van der Waals surface area contributed by atoms with Crippen molar-refractivity contribution in [3.8, 4) is 0 Å². The molecule has 1 aromatic heterocycles. The first-order chi connectivity index (χ1) is 17.0. The number of nitrogens with zero attached hydrogens (tertiary/aromatic N) is 2. The number of thiazole rings is 1. The zero-order valence-electron chi connectivity index (χ0n) is 18.9. The normalized spacial score (nSPS) is 20.3. The first-order valence-electron chi connectivity index (χ1n) is 10.8. The van der Waals surface area contributed by atoms with E-state index in [1.165, 1.54) is 27.3 Å². The summed E-state index contributed by atoms with van der Waals surface area (Å²) < 4.78 is 2.21. The van der Waals surface area contributed by atoms with Crippen molar-refractivity contribution >= 4 is 91.3 Å². The summed E-state index contributed by atoms with van der Waals surface area (Å²) in [6.07, 6.45) is 0. The van der Waals surface area contributed by atoms with Crippen LogP contribution in [-0.2, 0) is 26.3 Å². The molecule has 3 heterocycles. The van der Waals surface area contributed by atoms with Crippen molar-refractivity contribution in [3.63, 3.8) is 0 Å². The Morgan fingerprint density at radius 2 is 1.75 bits per heavy atom. The minimum absolute atomic E-state index is 0.246. The minimum atomic E-state index is -0.780. The van der Waals surface area contributed by atoms with Crippen LogP contribution in [-0.4, -0.2) is 27.5 Å². The highest BCUT2D eigenvalue weighted by atomic mass is 79.9. The van der Waals surface area contributed by atoms with Gasteiger partial charge in [0.15, 0.2) is 0 Å². The van der Waals surface area contributed by atoms with E-state index in [-0.39, 0.29) is 23.2 Å². The Hall–Kier alpha value is -2.11. The molecule has 2 aromatic carbocycles. The Balaban J connectivity index is 1.46. The average Bonchev–Trinajstić information content (AvgIpc) is 3.26. The predicted molar refractivity (Wildman–Crippen MR) is 146 cm³/mol. The van der Waals surface area contributed by atoms with Crippen molar-refractivity contribution in [2.75, 3.05) is 10.2 Å². The van der Waals surface area contributed by atoms with Gasteiger partial charge >= 0.3 is 4.87 Å². The summed E-state index contributed by atoms with van der Waals surface area (Å²) in [5, 5.41) is 3.21. The van der Waals surface area contributed by atoms with Crippen LogP contribution in [0.1, 0.15) is 18.7 Å². The maximum Gasteiger partial charge on any atom is 0.308 e. The number of thioether (sulfide) groups is 1. The Bertz CT molecular complexity index is 1490. The zero-order chi connectivity index (χ0) is 25.9. The lowest BCUT2D eigenvalue weighted by molar-refractivity contribution is -0.123. The van der Waals surface area contributed by atoms with Crippen LogP contribution >= 0.6 is 62.2 Å². The van der Waals surface area contributed by atoms with E-state index in [1.807, 2.05) is 13.8 Å². The van der Waals surface area contributed by atoms with Gasteiger partial charge in [0.2, 0.25) is 17.7 Å². The smallest absolute Gasteiger partial charge is 0.308 e. The van der Waals surface area contributed by atoms with E-state index in [9.17, 15) is 19.2 Å². The van der Waals surface area contributed by atoms with Crippen molar-refractivity contribution in [2.24, 2.45) is 5.92 Å². The second-order valence-corrected chi connectivity index (χ2v) is 12.8. The fourth-order valence-corrected chi connectivity index (χ4v) is 8.13. The number of rotatable bonds is 4. The molecule has 2 aliphatic heterocycles. The highest BCUT2D eigenvalue weighted by molar-refractivity contribution is 9.10. The van der Waals surface area contributed by atoms with Crippen LogP contribution in [0.3, 0.4) is 0 Å². The lowest BCUT2D eigenvalue weighted by atomic mass is 9.76. The lowest BCUT2D eigenvalue weighted by Gasteiger charge is -2.36. The molecular formula is C24H18BrCl2N3O4S2. The van der Waals surface area contributed by atoms with Crippen LogP contribution in [0, 0.1) is 5.92 Å². The number of carbonyl (C=O) groups excluding carboxylic acids is 3. The summed E-state index contributed by atoms with van der Waals surface area (Å²) in [4.78, 5) is 54.3. The molecule has 12 heteroatoms. The van der Waals surface area contributed by atoms with Crippen LogP contribution in [0.5, 0.6) is 0 Å². The molecule has 0 unspecified atom stereocenters. The first kappa shape index (κ1) is 25.5. The van der Waals surface area contributed by atoms with Gasteiger partial charge in [0.05, 0.1) is 26.7 Å². The fourth-order valence-electron chi connectivity index (χ4n) is 4.53. The third-order valence-electron chi connectivity index (χ3n) is 6.29. The van der Waals surface area contributed by atoms with E-state index in [0.717, 1.165) is 15.8 Å². The van der Waals surface area contributed by atoms with Gasteiger partial charge in [0.1, 0.15) is 11.8 Å². The van der Waals surface area contributed by atoms with Crippen molar-refractivity contribution in [1.29, 1.82) is 0 Å². The summed E-state index contributed by atoms with van der Waals surface area (Å²) in [7, 11) is 0. The maximum absolute atomic E-state index is 13.5. The number of benzene rings is 2. The van der Waals surface area contributed by atoms with Gasteiger partial charge in [-0.05, 0) is 42.5 Å². The Kier molecular flexibility index (Phi) is 6.61. The largest absolute Gasteiger partial charge is 0.324 e. The SMILES string of the molecule is CC1(C)c2sc(=O)n(CC(=O)Nc3ccc(Cl)c(Cl)c3)c2S[C@@H]2C(=O)N(c3ccc(Br)cc3)C(=O)[C@@H]21. The van der Waals surface area contributed by atoms with Crippen molar-refractivity contribution in [2.45, 2.75) is 36.1 Å². The van der Waals surface area contributed by atoms with E-state index in [1.54, 1.807) is 36.4 Å². The van der Waals surface area contributed by atoms with Crippen LogP contribution < -0.4 is 15.1 Å². The molecule has 1 saturated heterocycles. The molecule has 7 nitrogen and oxygen atoms in total. The first-order valence-corrected chi connectivity index (χ1v) is 14.0. The molecule has 2 atom stereocenters. The Morgan fingerprint density at radius 3 is 2.42 bits per heavy atom. The van der Waals surface area contributed by atoms with E-state index in [0.29, 0.717) is 31.3 Å². The van der Waals surface area contributed by atoms with Gasteiger partial charge in [-0.2, -0.15) is 0 Å². The Labute approximate surface area is 232 Å². The topological polar surface area (TPSA) is 88.5 Å². The number of anilines is 2. The van der Waals surface area contributed by atoms with Crippen molar-refractivity contribution < 1.29 is 14.4 Å². The number of hydrogen-bond acceptors (Lipinski definition) is 6. The Morgan fingerprint density at radius 1 is 1.06 bits per heavy atom. The quantitative estimate of drug-likeness (QED) is 0.383.